The standard InChI is InChI=1S/C14H18N2O2/c1-2-3-8-17-12-6-4-11(5-7-12)14-13(9-15)16-10-18-14/h4-7,10H,2-3,8-9,15H2,1H3. The third-order valence-corrected chi connectivity index (χ3v) is 2.72. The molecule has 0 spiro atoms. The Morgan fingerprint density at radius 1 is 1.28 bits per heavy atom. The zero-order valence-electron chi connectivity index (χ0n) is 10.6. The van der Waals surface area contributed by atoms with Crippen LogP contribution in [0.2, 0.25) is 0 Å². The van der Waals surface area contributed by atoms with Gasteiger partial charge in [0.05, 0.1) is 6.61 Å². The highest BCUT2D eigenvalue weighted by atomic mass is 16.5. The average Bonchev–Trinajstić information content (AvgIpc) is 2.88. The van der Waals surface area contributed by atoms with Gasteiger partial charge in [0.2, 0.25) is 0 Å². The van der Waals surface area contributed by atoms with E-state index in [4.69, 9.17) is 14.9 Å². The predicted molar refractivity (Wildman–Crippen MR) is 70.2 cm³/mol. The number of ether oxygens (including phenoxy) is 1. The van der Waals surface area contributed by atoms with Gasteiger partial charge in [0, 0.05) is 12.1 Å². The van der Waals surface area contributed by atoms with E-state index in [2.05, 4.69) is 11.9 Å². The van der Waals surface area contributed by atoms with Gasteiger partial charge in [-0.25, -0.2) is 4.98 Å². The fourth-order valence-corrected chi connectivity index (χ4v) is 1.69. The molecule has 2 rings (SSSR count). The summed E-state index contributed by atoms with van der Waals surface area (Å²) in [5.41, 5.74) is 7.34. The first kappa shape index (κ1) is 12.6. The molecule has 0 aliphatic rings. The Kier molecular flexibility index (Phi) is 4.36. The number of nitrogens with zero attached hydrogens (tertiary/aromatic N) is 1. The molecule has 2 N–H and O–H groups in total. The third-order valence-electron chi connectivity index (χ3n) is 2.72. The second kappa shape index (κ2) is 6.21. The molecule has 0 saturated carbocycles. The van der Waals surface area contributed by atoms with Crippen LogP contribution in [0.1, 0.15) is 25.5 Å². The summed E-state index contributed by atoms with van der Waals surface area (Å²) in [5, 5.41) is 0. The summed E-state index contributed by atoms with van der Waals surface area (Å²) in [7, 11) is 0. The van der Waals surface area contributed by atoms with Gasteiger partial charge in [0.15, 0.2) is 12.2 Å². The molecule has 1 heterocycles. The Morgan fingerprint density at radius 2 is 2.06 bits per heavy atom. The van der Waals surface area contributed by atoms with E-state index < -0.39 is 0 Å². The summed E-state index contributed by atoms with van der Waals surface area (Å²) in [6, 6.07) is 7.80. The van der Waals surface area contributed by atoms with Gasteiger partial charge in [-0.05, 0) is 30.7 Å². The second-order valence-electron chi connectivity index (χ2n) is 4.06. The minimum Gasteiger partial charge on any atom is -0.494 e. The van der Waals surface area contributed by atoms with Gasteiger partial charge >= 0.3 is 0 Å². The summed E-state index contributed by atoms with van der Waals surface area (Å²) in [6.45, 7) is 3.28. The summed E-state index contributed by atoms with van der Waals surface area (Å²) in [4.78, 5) is 4.07. The molecule has 4 nitrogen and oxygen atoms in total. The van der Waals surface area contributed by atoms with Crippen LogP contribution in [-0.2, 0) is 6.54 Å². The van der Waals surface area contributed by atoms with E-state index in [1.54, 1.807) is 0 Å². The summed E-state index contributed by atoms with van der Waals surface area (Å²) < 4.78 is 11.0. The molecule has 18 heavy (non-hydrogen) atoms. The van der Waals surface area contributed by atoms with Crippen molar-refractivity contribution in [1.29, 1.82) is 0 Å². The molecule has 96 valence electrons. The SMILES string of the molecule is CCCCOc1ccc(-c2ocnc2CN)cc1. The van der Waals surface area contributed by atoms with Crippen molar-refractivity contribution in [1.82, 2.24) is 4.98 Å². The topological polar surface area (TPSA) is 61.3 Å². The lowest BCUT2D eigenvalue weighted by Crippen LogP contribution is -1.98. The molecule has 0 aliphatic heterocycles. The maximum absolute atomic E-state index is 5.60. The Hall–Kier alpha value is -1.81. The van der Waals surface area contributed by atoms with E-state index in [0.717, 1.165) is 42.2 Å². The number of unbranched alkanes of at least 4 members (excludes halogenated alkanes) is 1. The molecule has 4 heteroatoms. The van der Waals surface area contributed by atoms with E-state index >= 15 is 0 Å². The second-order valence-corrected chi connectivity index (χ2v) is 4.06. The molecular weight excluding hydrogens is 228 g/mol. The van der Waals surface area contributed by atoms with Gasteiger partial charge in [-0.2, -0.15) is 0 Å². The van der Waals surface area contributed by atoms with Crippen molar-refractivity contribution in [2.45, 2.75) is 26.3 Å². The van der Waals surface area contributed by atoms with Gasteiger partial charge in [-0.3, -0.25) is 0 Å². The molecule has 0 fully saturated rings. The quantitative estimate of drug-likeness (QED) is 0.796. The molecule has 0 aliphatic carbocycles. The van der Waals surface area contributed by atoms with Crippen molar-refractivity contribution in [3.8, 4) is 17.1 Å². The van der Waals surface area contributed by atoms with Crippen molar-refractivity contribution in [2.24, 2.45) is 5.73 Å². The zero-order valence-corrected chi connectivity index (χ0v) is 10.6. The molecule has 0 radical (unpaired) electrons. The lowest BCUT2D eigenvalue weighted by molar-refractivity contribution is 0.309. The predicted octanol–water partition coefficient (Wildman–Crippen LogP) is 2.98. The van der Waals surface area contributed by atoms with E-state index in [-0.39, 0.29) is 0 Å². The normalized spacial score (nSPS) is 10.6. The maximum Gasteiger partial charge on any atom is 0.181 e. The molecule has 2 aromatic rings. The van der Waals surface area contributed by atoms with E-state index in [0.29, 0.717) is 6.54 Å². The van der Waals surface area contributed by atoms with Crippen LogP contribution in [-0.4, -0.2) is 11.6 Å². The molecule has 0 amide bonds. The molecule has 0 saturated heterocycles. The monoisotopic (exact) mass is 246 g/mol. The number of oxazole rings is 1. The third kappa shape index (κ3) is 2.90. The molecular formula is C14H18N2O2. The van der Waals surface area contributed by atoms with Gasteiger partial charge in [0.1, 0.15) is 11.4 Å². The fourth-order valence-electron chi connectivity index (χ4n) is 1.69. The molecule has 0 atom stereocenters. The van der Waals surface area contributed by atoms with Crippen LogP contribution < -0.4 is 10.5 Å². The number of nitrogens with two attached hydrogens (primary N) is 1. The van der Waals surface area contributed by atoms with Gasteiger partial charge in [-0.15, -0.1) is 0 Å². The molecule has 1 aromatic carbocycles. The largest absolute Gasteiger partial charge is 0.494 e. The van der Waals surface area contributed by atoms with E-state index in [1.807, 2.05) is 24.3 Å². The number of rotatable bonds is 6. The number of hydrogen-bond acceptors (Lipinski definition) is 4. The summed E-state index contributed by atoms with van der Waals surface area (Å²) in [6.07, 6.45) is 3.63. The lowest BCUT2D eigenvalue weighted by atomic mass is 10.1. The van der Waals surface area contributed by atoms with Gasteiger partial charge in [0.25, 0.3) is 0 Å². The first-order valence-electron chi connectivity index (χ1n) is 6.20. The molecule has 0 bridgehead atoms. The van der Waals surface area contributed by atoms with Crippen molar-refractivity contribution in [3.05, 3.63) is 36.4 Å². The number of benzene rings is 1. The first-order chi connectivity index (χ1) is 8.85. The smallest absolute Gasteiger partial charge is 0.181 e. The fraction of sp³-hybridized carbons (Fsp3) is 0.357. The number of aromatic nitrogens is 1. The minimum atomic E-state index is 0.376. The van der Waals surface area contributed by atoms with Crippen LogP contribution in [0, 0.1) is 0 Å². The minimum absolute atomic E-state index is 0.376. The molecule has 1 aromatic heterocycles. The van der Waals surface area contributed by atoms with Crippen LogP contribution in [0.4, 0.5) is 0 Å². The summed E-state index contributed by atoms with van der Waals surface area (Å²) in [5.74, 6) is 1.61. The Bertz CT molecular complexity index is 477. The van der Waals surface area contributed by atoms with Gasteiger partial charge < -0.3 is 14.9 Å². The molecule has 0 unspecified atom stereocenters. The zero-order chi connectivity index (χ0) is 12.8. The van der Waals surface area contributed by atoms with Crippen LogP contribution in [0.15, 0.2) is 35.1 Å². The Labute approximate surface area is 107 Å². The van der Waals surface area contributed by atoms with Crippen LogP contribution in [0.25, 0.3) is 11.3 Å². The van der Waals surface area contributed by atoms with E-state index in [1.165, 1.54) is 6.39 Å². The highest BCUT2D eigenvalue weighted by molar-refractivity contribution is 5.60. The number of hydrogen-bond donors (Lipinski definition) is 1. The van der Waals surface area contributed by atoms with Crippen LogP contribution >= 0.6 is 0 Å². The lowest BCUT2D eigenvalue weighted by Gasteiger charge is -2.06. The maximum atomic E-state index is 5.60. The highest BCUT2D eigenvalue weighted by Gasteiger charge is 2.08. The summed E-state index contributed by atoms with van der Waals surface area (Å²) >= 11 is 0. The first-order valence-corrected chi connectivity index (χ1v) is 6.20. The van der Waals surface area contributed by atoms with Crippen molar-refractivity contribution in [3.63, 3.8) is 0 Å². The van der Waals surface area contributed by atoms with Crippen LogP contribution in [0.3, 0.4) is 0 Å². The van der Waals surface area contributed by atoms with Gasteiger partial charge in [-0.1, -0.05) is 13.3 Å². The van der Waals surface area contributed by atoms with Crippen LogP contribution in [0.5, 0.6) is 5.75 Å². The van der Waals surface area contributed by atoms with E-state index in [9.17, 15) is 0 Å². The van der Waals surface area contributed by atoms with Crippen molar-refractivity contribution < 1.29 is 9.15 Å². The van der Waals surface area contributed by atoms with Crippen molar-refractivity contribution in [2.75, 3.05) is 6.61 Å². The highest BCUT2D eigenvalue weighted by Crippen LogP contribution is 2.25. The average molecular weight is 246 g/mol. The Morgan fingerprint density at radius 3 is 2.72 bits per heavy atom. The van der Waals surface area contributed by atoms with Crippen molar-refractivity contribution >= 4 is 0 Å². The Balaban J connectivity index is 2.07.